The summed E-state index contributed by atoms with van der Waals surface area (Å²) in [6.07, 6.45) is 0.936. The second kappa shape index (κ2) is 6.89. The molecule has 124 valence electrons. The van der Waals surface area contributed by atoms with Crippen LogP contribution in [0.5, 0.6) is 0 Å². The van der Waals surface area contributed by atoms with Crippen molar-refractivity contribution in [1.29, 1.82) is 0 Å². The molecule has 3 aromatic carbocycles. The number of thioether (sulfide) groups is 1. The monoisotopic (exact) mass is 343 g/mol. The molecule has 1 nitrogen and oxygen atoms in total. The minimum absolute atomic E-state index is 0.380. The molecule has 0 amide bonds. The highest BCUT2D eigenvalue weighted by molar-refractivity contribution is 7.99. The number of para-hydroxylation sites is 1. The van der Waals surface area contributed by atoms with Crippen LogP contribution in [0.2, 0.25) is 0 Å². The first-order chi connectivity index (χ1) is 12.2. The van der Waals surface area contributed by atoms with Crippen molar-refractivity contribution in [3.05, 3.63) is 95.1 Å². The Kier molecular flexibility index (Phi) is 4.46. The van der Waals surface area contributed by atoms with E-state index in [-0.39, 0.29) is 0 Å². The molecule has 0 saturated carbocycles. The fourth-order valence-electron chi connectivity index (χ4n) is 3.17. The number of aliphatic imine (C=N–C) groups is 1. The van der Waals surface area contributed by atoms with Gasteiger partial charge >= 0.3 is 0 Å². The lowest BCUT2D eigenvalue weighted by molar-refractivity contribution is 1.01. The van der Waals surface area contributed by atoms with Crippen molar-refractivity contribution < 1.29 is 0 Å². The molecule has 1 heterocycles. The summed E-state index contributed by atoms with van der Waals surface area (Å²) in [6.45, 7) is 4.33. The normalized spacial score (nSPS) is 16.7. The van der Waals surface area contributed by atoms with Crippen molar-refractivity contribution in [2.45, 2.75) is 30.4 Å². The van der Waals surface area contributed by atoms with E-state index < -0.39 is 0 Å². The third-order valence-corrected chi connectivity index (χ3v) is 6.10. The summed E-state index contributed by atoms with van der Waals surface area (Å²) in [5.41, 5.74) is 7.50. The van der Waals surface area contributed by atoms with Gasteiger partial charge in [0.05, 0.1) is 5.69 Å². The van der Waals surface area contributed by atoms with E-state index in [9.17, 15) is 0 Å². The van der Waals surface area contributed by atoms with Gasteiger partial charge in [-0.05, 0) is 54.3 Å². The Labute approximate surface area is 153 Å². The number of rotatable bonds is 2. The summed E-state index contributed by atoms with van der Waals surface area (Å²) in [4.78, 5) is 6.31. The minimum atomic E-state index is 0.380. The second-order valence-electron chi connectivity index (χ2n) is 6.55. The number of benzene rings is 3. The van der Waals surface area contributed by atoms with E-state index in [4.69, 9.17) is 4.99 Å². The van der Waals surface area contributed by atoms with E-state index in [0.29, 0.717) is 5.25 Å². The Morgan fingerprint density at radius 2 is 1.60 bits per heavy atom. The molecule has 0 spiro atoms. The molecule has 0 fully saturated rings. The summed E-state index contributed by atoms with van der Waals surface area (Å²) in [5.74, 6) is 0. The van der Waals surface area contributed by atoms with Crippen molar-refractivity contribution in [1.82, 2.24) is 0 Å². The maximum atomic E-state index is 5.05. The van der Waals surface area contributed by atoms with Crippen LogP contribution in [0.4, 0.5) is 5.69 Å². The molecule has 1 aliphatic rings. The van der Waals surface area contributed by atoms with Gasteiger partial charge in [0.25, 0.3) is 0 Å². The minimum Gasteiger partial charge on any atom is -0.252 e. The molecule has 0 saturated heterocycles. The summed E-state index contributed by atoms with van der Waals surface area (Å²) >= 11 is 1.92. The Morgan fingerprint density at radius 1 is 0.840 bits per heavy atom. The first-order valence-corrected chi connectivity index (χ1v) is 9.54. The van der Waals surface area contributed by atoms with Crippen LogP contribution in [0.15, 0.2) is 82.7 Å². The van der Waals surface area contributed by atoms with Crippen molar-refractivity contribution in [2.24, 2.45) is 4.99 Å². The second-order valence-corrected chi connectivity index (χ2v) is 7.79. The van der Waals surface area contributed by atoms with Gasteiger partial charge < -0.3 is 0 Å². The number of aryl methyl sites for hydroxylation is 2. The predicted octanol–water partition coefficient (Wildman–Crippen LogP) is 6.66. The SMILES string of the molecule is Cc1ccc(C2=Nc3ccccc3SC(c3ccccc3)C2)cc1C. The van der Waals surface area contributed by atoms with Gasteiger partial charge in [-0.3, -0.25) is 4.99 Å². The zero-order valence-corrected chi connectivity index (χ0v) is 15.4. The van der Waals surface area contributed by atoms with Gasteiger partial charge in [-0.1, -0.05) is 54.6 Å². The largest absolute Gasteiger partial charge is 0.252 e. The third-order valence-electron chi connectivity index (χ3n) is 4.78. The molecule has 1 unspecified atom stereocenters. The van der Waals surface area contributed by atoms with Gasteiger partial charge in [0.1, 0.15) is 0 Å². The van der Waals surface area contributed by atoms with Crippen molar-refractivity contribution in [2.75, 3.05) is 0 Å². The van der Waals surface area contributed by atoms with E-state index in [0.717, 1.165) is 12.1 Å². The Morgan fingerprint density at radius 3 is 2.40 bits per heavy atom. The quantitative estimate of drug-likeness (QED) is 0.506. The van der Waals surface area contributed by atoms with Crippen LogP contribution in [0.25, 0.3) is 0 Å². The maximum absolute atomic E-state index is 5.05. The van der Waals surface area contributed by atoms with E-state index in [1.807, 2.05) is 11.8 Å². The summed E-state index contributed by atoms with van der Waals surface area (Å²) < 4.78 is 0. The lowest BCUT2D eigenvalue weighted by atomic mass is 9.98. The molecule has 3 aromatic rings. The molecular formula is C23H21NS. The average molecular weight is 343 g/mol. The molecule has 2 heteroatoms. The highest BCUT2D eigenvalue weighted by Crippen LogP contribution is 2.45. The molecule has 0 aliphatic carbocycles. The summed E-state index contributed by atoms with van der Waals surface area (Å²) in [6, 6.07) is 25.9. The van der Waals surface area contributed by atoms with Crippen LogP contribution in [0.3, 0.4) is 0 Å². The number of hydrogen-bond acceptors (Lipinski definition) is 2. The molecule has 0 aromatic heterocycles. The number of nitrogens with zero attached hydrogens (tertiary/aromatic N) is 1. The van der Waals surface area contributed by atoms with Gasteiger partial charge in [0, 0.05) is 22.3 Å². The van der Waals surface area contributed by atoms with Gasteiger partial charge in [0.2, 0.25) is 0 Å². The smallest absolute Gasteiger partial charge is 0.0769 e. The highest BCUT2D eigenvalue weighted by atomic mass is 32.2. The zero-order chi connectivity index (χ0) is 17.2. The lowest BCUT2D eigenvalue weighted by Crippen LogP contribution is -2.06. The van der Waals surface area contributed by atoms with Crippen LogP contribution < -0.4 is 0 Å². The molecule has 25 heavy (non-hydrogen) atoms. The molecule has 0 N–H and O–H groups in total. The van der Waals surface area contributed by atoms with Crippen LogP contribution in [0, 0.1) is 13.8 Å². The van der Waals surface area contributed by atoms with Crippen LogP contribution in [-0.2, 0) is 0 Å². The Hall–Kier alpha value is -2.32. The molecule has 4 rings (SSSR count). The Bertz CT molecular complexity index is 928. The fourth-order valence-corrected chi connectivity index (χ4v) is 4.40. The van der Waals surface area contributed by atoms with Crippen molar-refractivity contribution in [3.63, 3.8) is 0 Å². The van der Waals surface area contributed by atoms with Crippen LogP contribution in [0.1, 0.15) is 33.9 Å². The third kappa shape index (κ3) is 3.40. The molecular weight excluding hydrogens is 322 g/mol. The highest BCUT2D eigenvalue weighted by Gasteiger charge is 2.22. The topological polar surface area (TPSA) is 12.4 Å². The van der Waals surface area contributed by atoms with Crippen molar-refractivity contribution >= 4 is 23.2 Å². The van der Waals surface area contributed by atoms with Crippen LogP contribution >= 0.6 is 11.8 Å². The van der Waals surface area contributed by atoms with E-state index in [1.54, 1.807) is 0 Å². The van der Waals surface area contributed by atoms with Gasteiger partial charge in [-0.25, -0.2) is 0 Å². The molecule has 0 bridgehead atoms. The van der Waals surface area contributed by atoms with E-state index >= 15 is 0 Å². The fraction of sp³-hybridized carbons (Fsp3) is 0.174. The molecule has 1 aliphatic heterocycles. The van der Waals surface area contributed by atoms with Crippen molar-refractivity contribution in [3.8, 4) is 0 Å². The van der Waals surface area contributed by atoms with Gasteiger partial charge in [-0.2, -0.15) is 0 Å². The average Bonchev–Trinajstić information content (AvgIpc) is 2.84. The molecule has 1 atom stereocenters. The summed E-state index contributed by atoms with van der Waals surface area (Å²) in [5, 5.41) is 0.380. The Balaban J connectivity index is 1.81. The first-order valence-electron chi connectivity index (χ1n) is 8.66. The standard InChI is InChI=1S/C23H21NS/c1-16-12-13-19(14-17(16)2)21-15-23(18-8-4-3-5-9-18)25-22-11-7-6-10-20(22)24-21/h3-14,23H,15H2,1-2H3. The van der Waals surface area contributed by atoms with E-state index in [1.165, 1.54) is 32.9 Å². The van der Waals surface area contributed by atoms with Crippen LogP contribution in [-0.4, -0.2) is 5.71 Å². The van der Waals surface area contributed by atoms with Gasteiger partial charge in [-0.15, -0.1) is 11.8 Å². The predicted molar refractivity (Wildman–Crippen MR) is 108 cm³/mol. The van der Waals surface area contributed by atoms with E-state index in [2.05, 4.69) is 86.6 Å². The first kappa shape index (κ1) is 16.2. The maximum Gasteiger partial charge on any atom is 0.0769 e. The lowest BCUT2D eigenvalue weighted by Gasteiger charge is -2.16. The molecule has 0 radical (unpaired) electrons. The number of fused-ring (bicyclic) bond motifs is 1. The zero-order valence-electron chi connectivity index (χ0n) is 14.6. The summed E-state index contributed by atoms with van der Waals surface area (Å²) in [7, 11) is 0. The van der Waals surface area contributed by atoms with Gasteiger partial charge in [0.15, 0.2) is 0 Å². The number of hydrogen-bond donors (Lipinski definition) is 0.